The topological polar surface area (TPSA) is 194 Å². The number of aliphatic carboxylic acids is 1. The molecule has 210 valence electrons. The monoisotopic (exact) mass is 591 g/mol. The molecule has 0 aliphatic carbocycles. The van der Waals surface area contributed by atoms with Crippen molar-refractivity contribution < 1.29 is 33.3 Å². The van der Waals surface area contributed by atoms with Gasteiger partial charge in [-0.2, -0.15) is 9.36 Å². The van der Waals surface area contributed by atoms with Crippen LogP contribution in [0.4, 0.5) is 9.52 Å². The number of alkyl halides is 1. The number of nitrogens with zero attached hydrogens (tertiary/aromatic N) is 7. The molecular formula is C22H24FN10O5S2+. The summed E-state index contributed by atoms with van der Waals surface area (Å²) >= 11 is 2.10. The number of hydrogen-bond donors (Lipinski definition) is 4. The summed E-state index contributed by atoms with van der Waals surface area (Å²) in [6, 6.07) is 2.74. The second-order valence-electron chi connectivity index (χ2n) is 8.64. The summed E-state index contributed by atoms with van der Waals surface area (Å²) in [5.41, 5.74) is 7.06. The minimum Gasteiger partial charge on any atom is -0.477 e. The van der Waals surface area contributed by atoms with Crippen LogP contribution in [0.1, 0.15) is 5.82 Å². The second-order valence-corrected chi connectivity index (χ2v) is 10.5. The molecule has 5 heterocycles. The Labute approximate surface area is 234 Å². The first-order valence-electron chi connectivity index (χ1n) is 11.9. The van der Waals surface area contributed by atoms with Crippen LogP contribution < -0.4 is 20.9 Å². The number of rotatable bonds is 11. The van der Waals surface area contributed by atoms with Crippen molar-refractivity contribution in [3.8, 4) is 0 Å². The van der Waals surface area contributed by atoms with Gasteiger partial charge in [0.2, 0.25) is 17.9 Å². The van der Waals surface area contributed by atoms with E-state index in [1.165, 1.54) is 11.8 Å². The van der Waals surface area contributed by atoms with Crippen molar-refractivity contribution in [3.63, 3.8) is 0 Å². The van der Waals surface area contributed by atoms with Gasteiger partial charge in [0, 0.05) is 35.9 Å². The van der Waals surface area contributed by atoms with Crippen molar-refractivity contribution >= 4 is 63.1 Å². The number of carboxylic acids is 1. The molecule has 1 saturated heterocycles. The molecule has 5 rings (SSSR count). The Balaban J connectivity index is 1.36. The van der Waals surface area contributed by atoms with Crippen LogP contribution in [0, 0.1) is 0 Å². The molecule has 0 bridgehead atoms. The Morgan fingerprint density at radius 2 is 2.25 bits per heavy atom. The van der Waals surface area contributed by atoms with Gasteiger partial charge in [0.25, 0.3) is 18.7 Å². The number of oxime groups is 1. The van der Waals surface area contributed by atoms with E-state index in [1.54, 1.807) is 6.33 Å². The van der Waals surface area contributed by atoms with Crippen molar-refractivity contribution in [2.24, 2.45) is 5.16 Å². The van der Waals surface area contributed by atoms with Gasteiger partial charge >= 0.3 is 11.6 Å². The van der Waals surface area contributed by atoms with Crippen LogP contribution in [0.25, 0.3) is 11.2 Å². The van der Waals surface area contributed by atoms with E-state index in [1.807, 2.05) is 34.5 Å². The third kappa shape index (κ3) is 5.07. The van der Waals surface area contributed by atoms with E-state index < -0.39 is 41.8 Å². The lowest BCUT2D eigenvalue weighted by Crippen LogP contribution is -2.71. The standard InChI is InChI=1S/C22H23FN10O5S2/c1-25-4-6-32-10-26-17-12(32)3-2-5-31(17)7-11-8-39-20-14(19(35)33(20)15(11)21(36)37)27-18(34)13(29-38-9-23)16-28-22(24)40-30-16/h2-3,5,10,14,20,25H,4,6-9H2,1H3,(H3-,24,27,28,30,34,36,37)/p+1/b29-13-. The number of halogens is 1. The van der Waals surface area contributed by atoms with Gasteiger partial charge in [-0.05, 0) is 24.2 Å². The number of amides is 2. The number of carboxylic acid groups (broad SMARTS) is 1. The highest BCUT2D eigenvalue weighted by Crippen LogP contribution is 2.40. The summed E-state index contributed by atoms with van der Waals surface area (Å²) in [6.07, 6.45) is 3.54. The number of carbonyl (C=O) groups is 3. The molecule has 15 nitrogen and oxygen atoms in total. The molecule has 18 heteroatoms. The molecule has 3 aromatic heterocycles. The Hall–Kier alpha value is -4.16. The highest BCUT2D eigenvalue weighted by Gasteiger charge is 2.54. The van der Waals surface area contributed by atoms with Crippen LogP contribution in [0.15, 0.2) is 41.1 Å². The number of thioether (sulfide) groups is 1. The maximum absolute atomic E-state index is 13.1. The summed E-state index contributed by atoms with van der Waals surface area (Å²) in [5.74, 6) is -2.67. The maximum atomic E-state index is 13.1. The predicted octanol–water partition coefficient (Wildman–Crippen LogP) is -0.937. The molecule has 0 aromatic carbocycles. The van der Waals surface area contributed by atoms with Gasteiger partial charge in [0.05, 0.1) is 6.20 Å². The van der Waals surface area contributed by atoms with E-state index in [9.17, 15) is 23.9 Å². The molecule has 0 radical (unpaired) electrons. The van der Waals surface area contributed by atoms with Crippen LogP contribution >= 0.6 is 23.3 Å². The summed E-state index contributed by atoms with van der Waals surface area (Å²) in [6.45, 7) is 0.372. The van der Waals surface area contributed by atoms with Gasteiger partial charge in [-0.15, -0.1) is 11.8 Å². The molecule has 2 aliphatic rings. The first kappa shape index (κ1) is 27.4. The minimum absolute atomic E-state index is 0.0477. The first-order valence-corrected chi connectivity index (χ1v) is 13.7. The molecule has 0 spiro atoms. The van der Waals surface area contributed by atoms with Gasteiger partial charge in [-0.25, -0.2) is 13.8 Å². The number of anilines is 1. The predicted molar refractivity (Wildman–Crippen MR) is 141 cm³/mol. The zero-order chi connectivity index (χ0) is 28.4. The van der Waals surface area contributed by atoms with Crippen LogP contribution in [0.5, 0.6) is 0 Å². The third-order valence-electron chi connectivity index (χ3n) is 6.22. The Morgan fingerprint density at radius 1 is 1.43 bits per heavy atom. The largest absolute Gasteiger partial charge is 0.477 e. The van der Waals surface area contributed by atoms with Gasteiger partial charge in [0.15, 0.2) is 5.13 Å². The smallest absolute Gasteiger partial charge is 0.352 e. The molecule has 40 heavy (non-hydrogen) atoms. The Morgan fingerprint density at radius 3 is 2.95 bits per heavy atom. The molecule has 0 saturated carbocycles. The highest BCUT2D eigenvalue weighted by molar-refractivity contribution is 8.00. The van der Waals surface area contributed by atoms with Crippen molar-refractivity contribution in [1.82, 2.24) is 34.4 Å². The summed E-state index contributed by atoms with van der Waals surface area (Å²) in [7, 11) is 1.86. The SMILES string of the molecule is CNCCn1cnc2c1ccc[n+]2CC1=C(C(=O)O)N2C(=O)C(NC(=O)/C(=N\OCF)c3nsc(N)n3)C2SC1. The van der Waals surface area contributed by atoms with Crippen molar-refractivity contribution in [2.75, 3.05) is 31.9 Å². The summed E-state index contributed by atoms with van der Waals surface area (Å²) in [5, 5.41) is 18.5. The van der Waals surface area contributed by atoms with E-state index >= 15 is 0 Å². The average Bonchev–Trinajstić information content (AvgIpc) is 3.56. The normalized spacial score (nSPS) is 19.0. The van der Waals surface area contributed by atoms with E-state index in [-0.39, 0.29) is 23.2 Å². The number of pyridine rings is 1. The van der Waals surface area contributed by atoms with Gasteiger partial charge < -0.3 is 30.9 Å². The van der Waals surface area contributed by atoms with Crippen molar-refractivity contribution in [1.29, 1.82) is 0 Å². The van der Waals surface area contributed by atoms with Crippen LogP contribution in [-0.4, -0.2) is 90.0 Å². The number of nitrogens with one attached hydrogen (secondary N) is 2. The van der Waals surface area contributed by atoms with Gasteiger partial charge in [-0.1, -0.05) is 5.16 Å². The van der Waals surface area contributed by atoms with Crippen molar-refractivity contribution in [2.45, 2.75) is 24.5 Å². The molecule has 1 fully saturated rings. The molecule has 2 aliphatic heterocycles. The quantitative estimate of drug-likeness (QED) is 0.0931. The fourth-order valence-electron chi connectivity index (χ4n) is 4.44. The van der Waals surface area contributed by atoms with E-state index in [4.69, 9.17) is 5.73 Å². The van der Waals surface area contributed by atoms with E-state index in [0.29, 0.717) is 23.5 Å². The van der Waals surface area contributed by atoms with Gasteiger partial charge in [0.1, 0.15) is 29.2 Å². The zero-order valence-electron chi connectivity index (χ0n) is 21.0. The number of hydrogen-bond acceptors (Lipinski definition) is 12. The molecule has 5 N–H and O–H groups in total. The minimum atomic E-state index is -1.30. The number of nitrogen functional groups attached to an aromatic ring is 1. The average molecular weight is 592 g/mol. The molecular weight excluding hydrogens is 567 g/mol. The Kier molecular flexibility index (Phi) is 7.90. The number of imidazole rings is 1. The lowest BCUT2D eigenvalue weighted by molar-refractivity contribution is -0.664. The molecule has 2 unspecified atom stereocenters. The van der Waals surface area contributed by atoms with Crippen LogP contribution in [-0.2, 0) is 32.3 Å². The van der Waals surface area contributed by atoms with Gasteiger partial charge in [-0.3, -0.25) is 14.5 Å². The van der Waals surface area contributed by atoms with Crippen molar-refractivity contribution in [3.05, 3.63) is 41.8 Å². The zero-order valence-corrected chi connectivity index (χ0v) is 22.6. The number of aromatic nitrogens is 5. The summed E-state index contributed by atoms with van der Waals surface area (Å²) in [4.78, 5) is 52.3. The lowest BCUT2D eigenvalue weighted by Gasteiger charge is -2.49. The number of nitrogens with two attached hydrogens (primary N) is 1. The number of carbonyl (C=O) groups excluding carboxylic acids is 2. The molecule has 2 amide bonds. The fraction of sp³-hybridized carbons (Fsp3) is 0.364. The summed E-state index contributed by atoms with van der Waals surface area (Å²) < 4.78 is 20.3. The Bertz CT molecular complexity index is 1540. The van der Waals surface area contributed by atoms with E-state index in [0.717, 1.165) is 28.5 Å². The van der Waals surface area contributed by atoms with E-state index in [2.05, 4.69) is 35.0 Å². The number of likely N-dealkylation sites (N-methyl/N-ethyl adjacent to an activating group) is 1. The lowest BCUT2D eigenvalue weighted by atomic mass is 10.0. The molecule has 3 aromatic rings. The third-order valence-corrected chi connectivity index (χ3v) is 8.11. The van der Waals surface area contributed by atoms with Crippen LogP contribution in [0.2, 0.25) is 0 Å². The number of β-lactam (4-membered cyclic amide) rings is 1. The fourth-order valence-corrected chi connectivity index (χ4v) is 6.21. The van der Waals surface area contributed by atoms with Crippen LogP contribution in [0.3, 0.4) is 0 Å². The highest BCUT2D eigenvalue weighted by atomic mass is 32.2. The maximum Gasteiger partial charge on any atom is 0.352 e. The number of fused-ring (bicyclic) bond motifs is 2. The second kappa shape index (κ2) is 11.5. The first-order chi connectivity index (χ1) is 19.3. The molecule has 2 atom stereocenters.